The van der Waals surface area contributed by atoms with E-state index in [0.29, 0.717) is 19.4 Å². The summed E-state index contributed by atoms with van der Waals surface area (Å²) in [6, 6.07) is 15.8. The van der Waals surface area contributed by atoms with Crippen molar-refractivity contribution < 1.29 is 24.2 Å². The van der Waals surface area contributed by atoms with Gasteiger partial charge in [0.1, 0.15) is 6.61 Å². The van der Waals surface area contributed by atoms with Gasteiger partial charge < -0.3 is 20.1 Å². The van der Waals surface area contributed by atoms with Crippen molar-refractivity contribution >= 4 is 18.0 Å². The van der Waals surface area contributed by atoms with Crippen LogP contribution in [0.15, 0.2) is 48.5 Å². The van der Waals surface area contributed by atoms with Crippen LogP contribution >= 0.6 is 0 Å². The average molecular weight is 479 g/mol. The van der Waals surface area contributed by atoms with E-state index in [1.165, 1.54) is 11.1 Å². The third kappa shape index (κ3) is 5.34. The predicted molar refractivity (Wildman–Crippen MR) is 133 cm³/mol. The molecule has 186 valence electrons. The molecular weight excluding hydrogens is 444 g/mol. The summed E-state index contributed by atoms with van der Waals surface area (Å²) in [6.07, 6.45) is 0.533. The number of nitrogens with one attached hydrogen (secondary N) is 1. The molecule has 0 radical (unpaired) electrons. The van der Waals surface area contributed by atoms with Gasteiger partial charge in [-0.15, -0.1) is 0 Å². The van der Waals surface area contributed by atoms with Gasteiger partial charge in [0.2, 0.25) is 5.91 Å². The Morgan fingerprint density at radius 2 is 1.66 bits per heavy atom. The van der Waals surface area contributed by atoms with E-state index in [-0.39, 0.29) is 42.9 Å². The first kappa shape index (κ1) is 24.8. The van der Waals surface area contributed by atoms with E-state index in [2.05, 4.69) is 29.6 Å². The Balaban J connectivity index is 1.35. The van der Waals surface area contributed by atoms with Crippen molar-refractivity contribution in [2.45, 2.75) is 58.0 Å². The Morgan fingerprint density at radius 3 is 2.20 bits per heavy atom. The van der Waals surface area contributed by atoms with Crippen LogP contribution in [-0.4, -0.2) is 53.2 Å². The smallest absolute Gasteiger partial charge is 0.407 e. The molecule has 2 N–H and O–H groups in total. The standard InChI is InChI=1S/C28H34N2O5/c1-17(2)25(15-26(31)30-13-12-19(27(32)33)14-18(30)3)29-28(34)35-16-24-22-10-6-4-8-20(22)21-9-5-7-11-23(21)24/h4-11,17-19,24-25H,12-16H2,1-3H3,(H,29,34)(H,32,33)/t18?,19?,25-/m1/s1. The summed E-state index contributed by atoms with van der Waals surface area (Å²) in [7, 11) is 0. The molecular formula is C28H34N2O5. The molecule has 0 aromatic heterocycles. The van der Waals surface area contributed by atoms with Gasteiger partial charge in [-0.05, 0) is 47.9 Å². The molecule has 2 aromatic carbocycles. The van der Waals surface area contributed by atoms with Crippen LogP contribution in [0.3, 0.4) is 0 Å². The number of carbonyl (C=O) groups excluding carboxylic acids is 2. The number of fused-ring (bicyclic) bond motifs is 3. The second-order valence-electron chi connectivity index (χ2n) is 10.0. The number of alkyl carbamates (subject to hydrolysis) is 1. The van der Waals surface area contributed by atoms with E-state index in [4.69, 9.17) is 4.74 Å². The van der Waals surface area contributed by atoms with Gasteiger partial charge >= 0.3 is 12.1 Å². The first-order valence-corrected chi connectivity index (χ1v) is 12.4. The van der Waals surface area contributed by atoms with Crippen LogP contribution in [0, 0.1) is 11.8 Å². The van der Waals surface area contributed by atoms with Crippen LogP contribution < -0.4 is 5.32 Å². The third-order valence-electron chi connectivity index (χ3n) is 7.39. The number of carbonyl (C=O) groups is 3. The molecule has 4 rings (SSSR count). The predicted octanol–water partition coefficient (Wildman–Crippen LogP) is 4.65. The van der Waals surface area contributed by atoms with Crippen molar-refractivity contribution in [3.8, 4) is 11.1 Å². The van der Waals surface area contributed by atoms with E-state index in [1.54, 1.807) is 4.90 Å². The van der Waals surface area contributed by atoms with Gasteiger partial charge in [-0.1, -0.05) is 62.4 Å². The monoisotopic (exact) mass is 478 g/mol. The normalized spacial score (nSPS) is 20.2. The number of carboxylic acid groups (broad SMARTS) is 1. The number of piperidine rings is 1. The molecule has 2 amide bonds. The molecule has 1 aliphatic carbocycles. The number of benzene rings is 2. The molecule has 2 unspecified atom stereocenters. The summed E-state index contributed by atoms with van der Waals surface area (Å²) in [5.74, 6) is -1.27. The summed E-state index contributed by atoms with van der Waals surface area (Å²) in [6.45, 7) is 6.45. The van der Waals surface area contributed by atoms with Crippen molar-refractivity contribution in [1.29, 1.82) is 0 Å². The van der Waals surface area contributed by atoms with Crippen molar-refractivity contribution in [3.63, 3.8) is 0 Å². The number of nitrogens with zero attached hydrogens (tertiary/aromatic N) is 1. The van der Waals surface area contributed by atoms with Gasteiger partial charge in [0.05, 0.1) is 5.92 Å². The van der Waals surface area contributed by atoms with Gasteiger partial charge in [0.15, 0.2) is 0 Å². The Kier molecular flexibility index (Phi) is 7.43. The van der Waals surface area contributed by atoms with E-state index in [0.717, 1.165) is 11.1 Å². The molecule has 3 atom stereocenters. The highest BCUT2D eigenvalue weighted by Crippen LogP contribution is 2.44. The number of carboxylic acids is 1. The van der Waals surface area contributed by atoms with E-state index in [1.807, 2.05) is 45.0 Å². The van der Waals surface area contributed by atoms with Crippen LogP contribution in [0.1, 0.15) is 57.1 Å². The Labute approximate surface area is 206 Å². The molecule has 35 heavy (non-hydrogen) atoms. The summed E-state index contributed by atoms with van der Waals surface area (Å²) in [4.78, 5) is 38.8. The molecule has 1 heterocycles. The third-order valence-corrected chi connectivity index (χ3v) is 7.39. The minimum absolute atomic E-state index is 0.0244. The SMILES string of the molecule is CC(C)[C@@H](CC(=O)N1CCC(C(=O)O)CC1C)NC(=O)OCC1c2ccccc2-c2ccccc21. The summed E-state index contributed by atoms with van der Waals surface area (Å²) >= 11 is 0. The molecule has 2 aliphatic rings. The number of hydrogen-bond donors (Lipinski definition) is 2. The quantitative estimate of drug-likeness (QED) is 0.604. The lowest BCUT2D eigenvalue weighted by molar-refractivity contribution is -0.147. The van der Waals surface area contributed by atoms with Crippen molar-refractivity contribution in [2.24, 2.45) is 11.8 Å². The zero-order valence-electron chi connectivity index (χ0n) is 20.6. The number of aliphatic carboxylic acids is 1. The average Bonchev–Trinajstić information content (AvgIpc) is 3.15. The number of hydrogen-bond acceptors (Lipinski definition) is 4. The highest BCUT2D eigenvalue weighted by molar-refractivity contribution is 5.80. The van der Waals surface area contributed by atoms with Gasteiger partial charge in [0, 0.05) is 31.0 Å². The Hall–Kier alpha value is -3.35. The lowest BCUT2D eigenvalue weighted by Gasteiger charge is -2.37. The maximum atomic E-state index is 13.0. The highest BCUT2D eigenvalue weighted by atomic mass is 16.5. The maximum absolute atomic E-state index is 13.0. The fraction of sp³-hybridized carbons (Fsp3) is 0.464. The number of amides is 2. The zero-order chi connectivity index (χ0) is 25.1. The zero-order valence-corrected chi connectivity index (χ0v) is 20.6. The van der Waals surface area contributed by atoms with E-state index in [9.17, 15) is 19.5 Å². The van der Waals surface area contributed by atoms with Gasteiger partial charge in [0.25, 0.3) is 0 Å². The van der Waals surface area contributed by atoms with Crippen molar-refractivity contribution in [1.82, 2.24) is 10.2 Å². The molecule has 7 nitrogen and oxygen atoms in total. The first-order valence-electron chi connectivity index (χ1n) is 12.4. The Morgan fingerprint density at radius 1 is 1.06 bits per heavy atom. The molecule has 0 spiro atoms. The van der Waals surface area contributed by atoms with Crippen LogP contribution in [0.4, 0.5) is 4.79 Å². The molecule has 0 bridgehead atoms. The largest absolute Gasteiger partial charge is 0.481 e. The number of ether oxygens (including phenoxy) is 1. The second kappa shape index (κ2) is 10.5. The summed E-state index contributed by atoms with van der Waals surface area (Å²) < 4.78 is 5.67. The maximum Gasteiger partial charge on any atom is 0.407 e. The fourth-order valence-corrected chi connectivity index (χ4v) is 5.32. The minimum Gasteiger partial charge on any atom is -0.481 e. The van der Waals surface area contributed by atoms with Gasteiger partial charge in [-0.25, -0.2) is 4.79 Å². The summed E-state index contributed by atoms with van der Waals surface area (Å²) in [5, 5.41) is 12.2. The minimum atomic E-state index is -0.805. The van der Waals surface area contributed by atoms with Crippen molar-refractivity contribution in [3.05, 3.63) is 59.7 Å². The molecule has 1 fully saturated rings. The fourth-order valence-electron chi connectivity index (χ4n) is 5.32. The lowest BCUT2D eigenvalue weighted by Crippen LogP contribution is -2.49. The molecule has 2 aromatic rings. The molecule has 1 saturated heterocycles. The van der Waals surface area contributed by atoms with Gasteiger partial charge in [-0.3, -0.25) is 9.59 Å². The lowest BCUT2D eigenvalue weighted by atomic mass is 9.91. The Bertz CT molecular complexity index is 1050. The van der Waals surface area contributed by atoms with Crippen LogP contribution in [0.2, 0.25) is 0 Å². The van der Waals surface area contributed by atoms with Gasteiger partial charge in [-0.2, -0.15) is 0 Å². The molecule has 1 aliphatic heterocycles. The van der Waals surface area contributed by atoms with Crippen LogP contribution in [-0.2, 0) is 14.3 Å². The molecule has 0 saturated carbocycles. The highest BCUT2D eigenvalue weighted by Gasteiger charge is 2.34. The summed E-state index contributed by atoms with van der Waals surface area (Å²) in [5.41, 5.74) is 4.64. The van der Waals surface area contributed by atoms with Crippen LogP contribution in [0.5, 0.6) is 0 Å². The number of likely N-dealkylation sites (tertiary alicyclic amines) is 1. The number of rotatable bonds is 7. The first-order chi connectivity index (χ1) is 16.8. The van der Waals surface area contributed by atoms with E-state index >= 15 is 0 Å². The van der Waals surface area contributed by atoms with E-state index < -0.39 is 18.0 Å². The molecule has 7 heteroatoms. The second-order valence-corrected chi connectivity index (χ2v) is 10.0. The van der Waals surface area contributed by atoms with Crippen LogP contribution in [0.25, 0.3) is 11.1 Å². The van der Waals surface area contributed by atoms with Crippen molar-refractivity contribution in [2.75, 3.05) is 13.2 Å². The topological polar surface area (TPSA) is 95.9 Å².